The minimum Gasteiger partial charge on any atom is -0.465 e. The van der Waals surface area contributed by atoms with Gasteiger partial charge in [-0.25, -0.2) is 4.98 Å². The third-order valence-electron chi connectivity index (χ3n) is 2.53. The molecule has 0 radical (unpaired) electrons. The van der Waals surface area contributed by atoms with Crippen molar-refractivity contribution in [1.29, 1.82) is 0 Å². The van der Waals surface area contributed by atoms with E-state index in [1.54, 1.807) is 11.3 Å². The number of nitrogens with one attached hydrogen (secondary N) is 1. The number of nitrogens with zero attached hydrogens (tertiary/aromatic N) is 2. The molecule has 2 heterocycles. The van der Waals surface area contributed by atoms with Crippen molar-refractivity contribution in [1.82, 2.24) is 9.88 Å². The van der Waals surface area contributed by atoms with E-state index in [1.165, 1.54) is 4.88 Å². The van der Waals surface area contributed by atoms with E-state index in [9.17, 15) is 0 Å². The lowest BCUT2D eigenvalue weighted by Gasteiger charge is -2.13. The third kappa shape index (κ3) is 3.58. The number of hydrogen-bond acceptors (Lipinski definition) is 5. The molecule has 0 amide bonds. The molecule has 98 valence electrons. The molecule has 0 aliphatic heterocycles. The summed E-state index contributed by atoms with van der Waals surface area (Å²) >= 11 is 1.71. The number of furan rings is 1. The maximum atomic E-state index is 5.57. The predicted molar refractivity (Wildman–Crippen MR) is 74.9 cm³/mol. The molecule has 0 spiro atoms. The molecule has 0 saturated carbocycles. The van der Waals surface area contributed by atoms with Gasteiger partial charge in [-0.1, -0.05) is 0 Å². The second-order valence-corrected chi connectivity index (χ2v) is 5.46. The summed E-state index contributed by atoms with van der Waals surface area (Å²) in [5.74, 6) is 1.97. The Morgan fingerprint density at radius 1 is 1.39 bits per heavy atom. The topological polar surface area (TPSA) is 41.3 Å². The fraction of sp³-hybridized carbons (Fsp3) is 0.462. The lowest BCUT2D eigenvalue weighted by Crippen LogP contribution is -2.16. The van der Waals surface area contributed by atoms with Crippen molar-refractivity contribution in [2.24, 2.45) is 0 Å². The molecule has 4 nitrogen and oxygen atoms in total. The van der Waals surface area contributed by atoms with E-state index in [2.05, 4.69) is 29.2 Å². The summed E-state index contributed by atoms with van der Waals surface area (Å²) in [6.45, 7) is 6.67. The Kier molecular flexibility index (Phi) is 4.38. The zero-order valence-electron chi connectivity index (χ0n) is 11.1. The van der Waals surface area contributed by atoms with Gasteiger partial charge in [0.25, 0.3) is 0 Å². The minimum absolute atomic E-state index is 0.822. The van der Waals surface area contributed by atoms with Gasteiger partial charge in [0, 0.05) is 24.2 Å². The van der Waals surface area contributed by atoms with Crippen LogP contribution in [0.15, 0.2) is 22.7 Å². The second kappa shape index (κ2) is 6.02. The number of thiazole rings is 1. The Morgan fingerprint density at radius 2 is 2.22 bits per heavy atom. The van der Waals surface area contributed by atoms with Gasteiger partial charge in [-0.2, -0.15) is 0 Å². The normalized spacial score (nSPS) is 11.1. The molecule has 0 fully saturated rings. The lowest BCUT2D eigenvalue weighted by molar-refractivity contribution is 0.287. The van der Waals surface area contributed by atoms with E-state index >= 15 is 0 Å². The van der Waals surface area contributed by atoms with Gasteiger partial charge in [0.1, 0.15) is 11.5 Å². The van der Waals surface area contributed by atoms with Gasteiger partial charge in [0.05, 0.1) is 6.54 Å². The zero-order valence-corrected chi connectivity index (χ0v) is 11.9. The van der Waals surface area contributed by atoms with Gasteiger partial charge < -0.3 is 9.73 Å². The summed E-state index contributed by atoms with van der Waals surface area (Å²) in [7, 11) is 2.09. The summed E-state index contributed by atoms with van der Waals surface area (Å²) in [6, 6.07) is 4.03. The van der Waals surface area contributed by atoms with Crippen molar-refractivity contribution in [2.45, 2.75) is 26.9 Å². The average molecular weight is 265 g/mol. The largest absolute Gasteiger partial charge is 0.465 e. The quantitative estimate of drug-likeness (QED) is 0.871. The Bertz CT molecular complexity index is 492. The third-order valence-corrected chi connectivity index (χ3v) is 3.47. The number of anilines is 1. The highest BCUT2D eigenvalue weighted by Crippen LogP contribution is 2.20. The summed E-state index contributed by atoms with van der Waals surface area (Å²) < 4.78 is 5.57. The molecule has 0 unspecified atom stereocenters. The highest BCUT2D eigenvalue weighted by molar-refractivity contribution is 7.15. The number of rotatable bonds is 6. The van der Waals surface area contributed by atoms with Crippen LogP contribution in [0, 0.1) is 6.92 Å². The fourth-order valence-corrected chi connectivity index (χ4v) is 2.73. The number of aryl methyl sites for hydroxylation is 1. The van der Waals surface area contributed by atoms with Crippen LogP contribution >= 0.6 is 11.3 Å². The fourth-order valence-electron chi connectivity index (χ4n) is 1.77. The summed E-state index contributed by atoms with van der Waals surface area (Å²) in [6.07, 6.45) is 1.94. The Balaban J connectivity index is 1.88. The number of hydrogen-bond donors (Lipinski definition) is 1. The highest BCUT2D eigenvalue weighted by Gasteiger charge is 2.07. The molecular weight excluding hydrogens is 246 g/mol. The lowest BCUT2D eigenvalue weighted by atomic mass is 10.4. The van der Waals surface area contributed by atoms with Gasteiger partial charge in [0.15, 0.2) is 5.13 Å². The van der Waals surface area contributed by atoms with Gasteiger partial charge >= 0.3 is 0 Å². The molecule has 2 aromatic heterocycles. The van der Waals surface area contributed by atoms with Crippen LogP contribution in [-0.2, 0) is 13.1 Å². The van der Waals surface area contributed by atoms with E-state index in [1.807, 2.05) is 25.3 Å². The van der Waals surface area contributed by atoms with Crippen molar-refractivity contribution in [3.05, 3.63) is 34.7 Å². The van der Waals surface area contributed by atoms with Gasteiger partial charge in [-0.05, 0) is 33.0 Å². The summed E-state index contributed by atoms with van der Waals surface area (Å²) in [5, 5.41) is 4.22. The highest BCUT2D eigenvalue weighted by atomic mass is 32.1. The van der Waals surface area contributed by atoms with Crippen molar-refractivity contribution in [3.8, 4) is 0 Å². The van der Waals surface area contributed by atoms with Crippen LogP contribution in [0.3, 0.4) is 0 Å². The van der Waals surface area contributed by atoms with E-state index in [-0.39, 0.29) is 0 Å². The molecule has 0 aliphatic carbocycles. The van der Waals surface area contributed by atoms with Crippen molar-refractivity contribution < 1.29 is 4.42 Å². The standard InChI is InChI=1S/C13H19N3OS/c1-4-14-13-15-7-12(18-13)9-16(3)8-11-6-5-10(2)17-11/h5-7H,4,8-9H2,1-3H3,(H,14,15). The zero-order chi connectivity index (χ0) is 13.0. The van der Waals surface area contributed by atoms with Crippen molar-refractivity contribution >= 4 is 16.5 Å². The first kappa shape index (κ1) is 13.1. The smallest absolute Gasteiger partial charge is 0.182 e. The van der Waals surface area contributed by atoms with Crippen LogP contribution in [0.2, 0.25) is 0 Å². The SMILES string of the molecule is CCNc1ncc(CN(C)Cc2ccc(C)o2)s1. The number of aromatic nitrogens is 1. The molecule has 0 aromatic carbocycles. The molecule has 18 heavy (non-hydrogen) atoms. The van der Waals surface area contributed by atoms with Crippen LogP contribution in [0.25, 0.3) is 0 Å². The molecule has 0 aliphatic rings. The predicted octanol–water partition coefficient (Wildman–Crippen LogP) is 3.11. The molecule has 0 saturated heterocycles. The van der Waals surface area contributed by atoms with Crippen molar-refractivity contribution in [2.75, 3.05) is 18.9 Å². The van der Waals surface area contributed by atoms with E-state index < -0.39 is 0 Å². The summed E-state index contributed by atoms with van der Waals surface area (Å²) in [4.78, 5) is 7.81. The van der Waals surface area contributed by atoms with Crippen molar-refractivity contribution in [3.63, 3.8) is 0 Å². The van der Waals surface area contributed by atoms with Crippen LogP contribution in [0.4, 0.5) is 5.13 Å². The van der Waals surface area contributed by atoms with Crippen LogP contribution in [-0.4, -0.2) is 23.5 Å². The monoisotopic (exact) mass is 265 g/mol. The molecule has 0 atom stereocenters. The first-order chi connectivity index (χ1) is 8.67. The van der Waals surface area contributed by atoms with Gasteiger partial charge in [0.2, 0.25) is 0 Å². The second-order valence-electron chi connectivity index (χ2n) is 4.35. The Labute approximate surface area is 112 Å². The maximum Gasteiger partial charge on any atom is 0.182 e. The first-order valence-corrected chi connectivity index (χ1v) is 6.91. The molecule has 1 N–H and O–H groups in total. The maximum absolute atomic E-state index is 5.57. The molecule has 5 heteroatoms. The van der Waals surface area contributed by atoms with Crippen LogP contribution < -0.4 is 5.32 Å². The van der Waals surface area contributed by atoms with Crippen LogP contribution in [0.1, 0.15) is 23.3 Å². The van der Waals surface area contributed by atoms with Crippen LogP contribution in [0.5, 0.6) is 0 Å². The summed E-state index contributed by atoms with van der Waals surface area (Å²) in [5.41, 5.74) is 0. The van der Waals surface area contributed by atoms with E-state index in [0.29, 0.717) is 0 Å². The molecule has 0 bridgehead atoms. The molecular formula is C13H19N3OS. The molecule has 2 rings (SSSR count). The Hall–Kier alpha value is -1.33. The van der Waals surface area contributed by atoms with Gasteiger partial charge in [-0.15, -0.1) is 11.3 Å². The van der Waals surface area contributed by atoms with E-state index in [4.69, 9.17) is 4.42 Å². The average Bonchev–Trinajstić information content (AvgIpc) is 2.89. The molecule has 2 aromatic rings. The Morgan fingerprint density at radius 3 is 2.89 bits per heavy atom. The minimum atomic E-state index is 0.822. The van der Waals surface area contributed by atoms with Gasteiger partial charge in [-0.3, -0.25) is 4.90 Å². The van der Waals surface area contributed by atoms with E-state index in [0.717, 1.165) is 36.3 Å². The first-order valence-electron chi connectivity index (χ1n) is 6.10.